The number of nitrogens with zero attached hydrogens (tertiary/aromatic N) is 1. The zero-order valence-corrected chi connectivity index (χ0v) is 30.5. The summed E-state index contributed by atoms with van der Waals surface area (Å²) in [6, 6.07) is 5.63. The predicted octanol–water partition coefficient (Wildman–Crippen LogP) is 8.49. The van der Waals surface area contributed by atoms with E-state index in [1.54, 1.807) is 26.2 Å². The molecule has 0 bridgehead atoms. The Balaban J connectivity index is 1.74. The highest BCUT2D eigenvalue weighted by Gasteiger charge is 2.42. The number of alkyl halides is 1. The summed E-state index contributed by atoms with van der Waals surface area (Å²) < 4.78 is 23.7. The molecule has 1 aliphatic heterocycles. The molecule has 0 spiro atoms. The second-order valence-electron chi connectivity index (χ2n) is 13.3. The zero-order valence-electron chi connectivity index (χ0n) is 27.9. The summed E-state index contributed by atoms with van der Waals surface area (Å²) in [4.78, 5) is 36.7. The van der Waals surface area contributed by atoms with Crippen LogP contribution in [0.5, 0.6) is 23.0 Å². The summed E-state index contributed by atoms with van der Waals surface area (Å²) in [5.74, 6) is 1.96. The number of anilines is 1. The number of amides is 1. The molecule has 1 aliphatic rings. The SMILES string of the molecule is CCCC(=O)c1c(C)[nH]c2c(O[Si](C)(C)C(C)(C)C)cc3c(c12)C(CBr)CN3C(=O)c1cc2cc(OC)c(OC)c(OC)c2[nH]1. The largest absolute Gasteiger partial charge is 0.542 e. The lowest BCUT2D eigenvalue weighted by molar-refractivity contribution is 0.0975. The fraction of sp³-hybridized carbons (Fsp3) is 0.471. The molecule has 4 aromatic rings. The van der Waals surface area contributed by atoms with Gasteiger partial charge in [0.25, 0.3) is 14.2 Å². The minimum atomic E-state index is -2.30. The van der Waals surface area contributed by atoms with Crippen LogP contribution >= 0.6 is 15.9 Å². The van der Waals surface area contributed by atoms with Crippen LogP contribution in [-0.4, -0.2) is 63.2 Å². The molecular formula is C34H44BrN3O6Si. The average molecular weight is 699 g/mol. The van der Waals surface area contributed by atoms with Crippen LogP contribution in [0.15, 0.2) is 18.2 Å². The van der Waals surface area contributed by atoms with E-state index in [1.165, 1.54) is 0 Å². The van der Waals surface area contributed by atoms with E-state index >= 15 is 0 Å². The maximum atomic E-state index is 14.4. The maximum absolute atomic E-state index is 14.4. The van der Waals surface area contributed by atoms with Crippen LogP contribution in [0.1, 0.15) is 78.6 Å². The normalized spacial score (nSPS) is 15.1. The highest BCUT2D eigenvalue weighted by atomic mass is 79.9. The first kappa shape index (κ1) is 32.9. The number of aromatic amines is 2. The first-order valence-corrected chi connectivity index (χ1v) is 19.4. The van der Waals surface area contributed by atoms with Crippen LogP contribution in [-0.2, 0) is 0 Å². The number of aryl methyl sites for hydroxylation is 1. The quantitative estimate of drug-likeness (QED) is 0.0978. The minimum Gasteiger partial charge on any atom is -0.542 e. The van der Waals surface area contributed by atoms with Gasteiger partial charge in [0.15, 0.2) is 17.3 Å². The van der Waals surface area contributed by atoms with E-state index in [9.17, 15) is 9.59 Å². The van der Waals surface area contributed by atoms with Gasteiger partial charge in [-0.3, -0.25) is 9.59 Å². The molecule has 2 aromatic carbocycles. The summed E-state index contributed by atoms with van der Waals surface area (Å²) in [5.41, 5.74) is 5.12. The van der Waals surface area contributed by atoms with Crippen LogP contribution in [0.25, 0.3) is 21.8 Å². The number of aromatic nitrogens is 2. The number of nitrogens with one attached hydrogen (secondary N) is 2. The summed E-state index contributed by atoms with van der Waals surface area (Å²) in [6.07, 6.45) is 1.19. The molecule has 0 saturated carbocycles. The molecule has 1 unspecified atom stereocenters. The molecule has 1 amide bonds. The fourth-order valence-electron chi connectivity index (χ4n) is 6.06. The second-order valence-corrected chi connectivity index (χ2v) is 18.6. The van der Waals surface area contributed by atoms with Crippen molar-refractivity contribution in [3.63, 3.8) is 0 Å². The van der Waals surface area contributed by atoms with Gasteiger partial charge in [0, 0.05) is 52.3 Å². The third-order valence-corrected chi connectivity index (χ3v) is 14.5. The van der Waals surface area contributed by atoms with Crippen LogP contribution in [0.3, 0.4) is 0 Å². The fourth-order valence-corrected chi connectivity index (χ4v) is 7.61. The summed E-state index contributed by atoms with van der Waals surface area (Å²) in [5, 5.41) is 2.20. The Bertz CT molecular complexity index is 1800. The van der Waals surface area contributed by atoms with E-state index in [-0.39, 0.29) is 22.6 Å². The number of ether oxygens (including phenoxy) is 3. The molecule has 2 aromatic heterocycles. The van der Waals surface area contributed by atoms with Crippen molar-refractivity contribution in [2.75, 3.05) is 38.1 Å². The molecule has 0 saturated heterocycles. The molecule has 1 atom stereocenters. The number of halogens is 1. The van der Waals surface area contributed by atoms with Crippen molar-refractivity contribution in [2.24, 2.45) is 0 Å². The number of Topliss-reactive ketones (excluding diaryl/α,β-unsaturated/α-hetero) is 1. The number of fused-ring (bicyclic) bond motifs is 4. The Labute approximate surface area is 274 Å². The molecule has 242 valence electrons. The monoisotopic (exact) mass is 697 g/mol. The van der Waals surface area contributed by atoms with E-state index in [0.29, 0.717) is 58.1 Å². The zero-order chi connectivity index (χ0) is 33.0. The smallest absolute Gasteiger partial charge is 0.274 e. The molecule has 0 fully saturated rings. The number of carbonyl (C=O) groups is 2. The standard InChI is InChI=1S/C34H44BrN3O6Si/c1-11-12-23(39)26-18(2)36-30-24(44-45(9,10)34(3,4)5)15-22-27(28(26)30)20(16-35)17-38(22)33(40)21-13-19-14-25(41-6)31(42-7)32(43-8)29(19)37-21/h13-15,20,36-37H,11-12,16-17H2,1-10H3. The van der Waals surface area contributed by atoms with Crippen molar-refractivity contribution in [3.05, 3.63) is 40.7 Å². The molecule has 11 heteroatoms. The van der Waals surface area contributed by atoms with Gasteiger partial charge in [-0.05, 0) is 49.2 Å². The number of hydrogen-bond acceptors (Lipinski definition) is 6. The molecule has 2 N–H and O–H groups in total. The van der Waals surface area contributed by atoms with Gasteiger partial charge in [0.2, 0.25) is 5.75 Å². The van der Waals surface area contributed by atoms with Gasteiger partial charge in [-0.2, -0.15) is 0 Å². The van der Waals surface area contributed by atoms with Crippen molar-refractivity contribution in [3.8, 4) is 23.0 Å². The number of hydrogen-bond donors (Lipinski definition) is 2. The minimum absolute atomic E-state index is 0.0316. The highest BCUT2D eigenvalue weighted by molar-refractivity contribution is 9.09. The van der Waals surface area contributed by atoms with Crippen molar-refractivity contribution in [1.29, 1.82) is 0 Å². The molecule has 5 rings (SSSR count). The molecule has 3 heterocycles. The van der Waals surface area contributed by atoms with Gasteiger partial charge in [0.1, 0.15) is 11.4 Å². The van der Waals surface area contributed by atoms with E-state index in [2.05, 4.69) is 59.8 Å². The molecule has 45 heavy (non-hydrogen) atoms. The van der Waals surface area contributed by atoms with Crippen molar-refractivity contribution in [2.45, 2.75) is 71.5 Å². The number of carbonyl (C=O) groups excluding carboxylic acids is 2. The van der Waals surface area contributed by atoms with Crippen LogP contribution in [0.2, 0.25) is 18.1 Å². The van der Waals surface area contributed by atoms with Gasteiger partial charge in [-0.15, -0.1) is 0 Å². The van der Waals surface area contributed by atoms with Gasteiger partial charge in [0.05, 0.1) is 38.1 Å². The van der Waals surface area contributed by atoms with Crippen LogP contribution in [0, 0.1) is 6.92 Å². The topological polar surface area (TPSA) is 106 Å². The Morgan fingerprint density at radius 1 is 1.00 bits per heavy atom. The van der Waals surface area contributed by atoms with E-state index < -0.39 is 8.32 Å². The van der Waals surface area contributed by atoms with Crippen LogP contribution in [0.4, 0.5) is 5.69 Å². The summed E-state index contributed by atoms with van der Waals surface area (Å²) in [7, 11) is 2.38. The van der Waals surface area contributed by atoms with E-state index in [0.717, 1.165) is 39.7 Å². The molecule has 9 nitrogen and oxygen atoms in total. The van der Waals surface area contributed by atoms with Crippen molar-refractivity contribution >= 4 is 63.4 Å². The van der Waals surface area contributed by atoms with Crippen molar-refractivity contribution < 1.29 is 28.2 Å². The third-order valence-electron chi connectivity index (χ3n) is 9.36. The van der Waals surface area contributed by atoms with Crippen LogP contribution < -0.4 is 23.5 Å². The Morgan fingerprint density at radius 3 is 2.27 bits per heavy atom. The van der Waals surface area contributed by atoms with Gasteiger partial charge < -0.3 is 33.5 Å². The van der Waals surface area contributed by atoms with E-state index in [1.807, 2.05) is 32.0 Å². The molecular weight excluding hydrogens is 654 g/mol. The Morgan fingerprint density at radius 2 is 1.69 bits per heavy atom. The van der Waals surface area contributed by atoms with Gasteiger partial charge in [-0.25, -0.2) is 0 Å². The van der Waals surface area contributed by atoms with E-state index in [4.69, 9.17) is 18.6 Å². The highest BCUT2D eigenvalue weighted by Crippen LogP contribution is 2.50. The number of rotatable bonds is 10. The Hall–Kier alpha value is -3.44. The number of methoxy groups -OCH3 is 3. The third kappa shape index (κ3) is 5.41. The summed E-state index contributed by atoms with van der Waals surface area (Å²) >= 11 is 3.73. The maximum Gasteiger partial charge on any atom is 0.274 e. The van der Waals surface area contributed by atoms with Gasteiger partial charge >= 0.3 is 0 Å². The lowest BCUT2D eigenvalue weighted by Gasteiger charge is -2.36. The number of ketones is 1. The first-order chi connectivity index (χ1) is 21.2. The molecule has 0 aliphatic carbocycles. The lowest BCUT2D eigenvalue weighted by Crippen LogP contribution is -2.44. The molecule has 0 radical (unpaired) electrons. The first-order valence-electron chi connectivity index (χ1n) is 15.3. The van der Waals surface area contributed by atoms with Gasteiger partial charge in [-0.1, -0.05) is 43.6 Å². The average Bonchev–Trinajstić information content (AvgIpc) is 3.67. The Kier molecular flexibility index (Phi) is 8.82. The number of benzene rings is 2. The lowest BCUT2D eigenvalue weighted by atomic mass is 9.93. The predicted molar refractivity (Wildman–Crippen MR) is 186 cm³/mol. The number of H-pyrrole nitrogens is 2. The second kappa shape index (κ2) is 12.1. The summed E-state index contributed by atoms with van der Waals surface area (Å²) in [6.45, 7) is 15.4. The van der Waals surface area contributed by atoms with Crippen molar-refractivity contribution in [1.82, 2.24) is 9.97 Å².